The van der Waals surface area contributed by atoms with Crippen molar-refractivity contribution in [1.29, 1.82) is 0 Å². The second-order valence-corrected chi connectivity index (χ2v) is 11.5. The van der Waals surface area contributed by atoms with E-state index in [0.29, 0.717) is 6.42 Å². The lowest BCUT2D eigenvalue weighted by atomic mass is 10.1. The van der Waals surface area contributed by atoms with Gasteiger partial charge in [-0.3, -0.25) is 0 Å². The van der Waals surface area contributed by atoms with E-state index in [1.165, 1.54) is 14.2 Å². The summed E-state index contributed by atoms with van der Waals surface area (Å²) >= 11 is 0. The maximum absolute atomic E-state index is 12.2. The number of carbonyl (C=O) groups is 2. The van der Waals surface area contributed by atoms with Gasteiger partial charge >= 0.3 is 11.9 Å². The Balaban J connectivity index is 5.87. The number of rotatable bonds is 7. The quantitative estimate of drug-likeness (QED) is 0.307. The van der Waals surface area contributed by atoms with Gasteiger partial charge in [0.1, 0.15) is 0 Å². The van der Waals surface area contributed by atoms with Crippen LogP contribution in [0.3, 0.4) is 0 Å². The lowest BCUT2D eigenvalue weighted by molar-refractivity contribution is -0.141. The molecule has 0 aliphatic heterocycles. The Labute approximate surface area is 135 Å². The van der Waals surface area contributed by atoms with Crippen LogP contribution >= 0.6 is 0 Å². The molecule has 0 amide bonds. The van der Waals surface area contributed by atoms with Gasteiger partial charge in [0.15, 0.2) is 0 Å². The zero-order chi connectivity index (χ0) is 17.6. The average Bonchev–Trinajstić information content (AvgIpc) is 2.43. The van der Waals surface area contributed by atoms with Gasteiger partial charge in [-0.2, -0.15) is 0 Å². The molecule has 0 rings (SSSR count). The largest absolute Gasteiger partial charge is 0.538 e. The molecule has 0 saturated carbocycles. The van der Waals surface area contributed by atoms with Crippen molar-refractivity contribution < 1.29 is 23.5 Å². The van der Waals surface area contributed by atoms with Crippen molar-refractivity contribution in [1.82, 2.24) is 0 Å². The van der Waals surface area contributed by atoms with Gasteiger partial charge in [-0.05, 0) is 31.0 Å². The van der Waals surface area contributed by atoms with E-state index < -0.39 is 20.3 Å². The Morgan fingerprint density at radius 1 is 1.00 bits per heavy atom. The molecule has 0 heterocycles. The van der Waals surface area contributed by atoms with Gasteiger partial charge in [-0.25, -0.2) is 9.59 Å². The van der Waals surface area contributed by atoms with Crippen LogP contribution in [0.1, 0.15) is 47.0 Å². The zero-order valence-electron chi connectivity index (χ0n) is 15.2. The van der Waals surface area contributed by atoms with Crippen LogP contribution in [0.15, 0.2) is 11.3 Å². The first-order chi connectivity index (χ1) is 10.0. The second-order valence-electron chi connectivity index (χ2n) is 6.76. The van der Waals surface area contributed by atoms with Gasteiger partial charge in [0, 0.05) is 0 Å². The molecule has 0 spiro atoms. The Bertz CT molecular complexity index is 432. The third-order valence-electron chi connectivity index (χ3n) is 4.02. The van der Waals surface area contributed by atoms with E-state index in [2.05, 4.69) is 20.8 Å². The van der Waals surface area contributed by atoms with Gasteiger partial charge in [0.25, 0.3) is 8.32 Å². The SMILES string of the molecule is CCCC/C(C(=O)OC)=C(\O[Si](C)(C)C(C)(C)C)C(=O)OC. The molecule has 6 heteroatoms. The Morgan fingerprint density at radius 2 is 1.50 bits per heavy atom. The number of hydrogen-bond donors (Lipinski definition) is 0. The van der Waals surface area contributed by atoms with E-state index in [0.717, 1.165) is 12.8 Å². The van der Waals surface area contributed by atoms with Crippen LogP contribution in [0.4, 0.5) is 0 Å². The van der Waals surface area contributed by atoms with Crippen LogP contribution in [0, 0.1) is 0 Å². The average molecular weight is 330 g/mol. The molecule has 128 valence electrons. The summed E-state index contributed by atoms with van der Waals surface area (Å²) in [6.07, 6.45) is 2.10. The van der Waals surface area contributed by atoms with Gasteiger partial charge in [0.05, 0.1) is 19.8 Å². The summed E-state index contributed by atoms with van der Waals surface area (Å²) in [6.45, 7) is 12.3. The molecule has 0 aliphatic rings. The van der Waals surface area contributed by atoms with E-state index in [1.54, 1.807) is 0 Å². The summed E-state index contributed by atoms with van der Waals surface area (Å²) in [5.74, 6) is -1.15. The minimum absolute atomic E-state index is 0.00870. The van der Waals surface area contributed by atoms with Crippen LogP contribution in [0.2, 0.25) is 18.1 Å². The first-order valence-corrected chi connectivity index (χ1v) is 10.5. The van der Waals surface area contributed by atoms with Crippen LogP contribution < -0.4 is 0 Å². The fourth-order valence-corrected chi connectivity index (χ4v) is 2.54. The highest BCUT2D eigenvalue weighted by Gasteiger charge is 2.41. The van der Waals surface area contributed by atoms with Gasteiger partial charge in [-0.1, -0.05) is 34.1 Å². The Morgan fingerprint density at radius 3 is 1.86 bits per heavy atom. The molecular weight excluding hydrogens is 300 g/mol. The van der Waals surface area contributed by atoms with E-state index in [9.17, 15) is 9.59 Å². The number of ether oxygens (including phenoxy) is 2. The third-order valence-corrected chi connectivity index (χ3v) is 8.35. The van der Waals surface area contributed by atoms with Gasteiger partial charge in [0.2, 0.25) is 5.76 Å². The van der Waals surface area contributed by atoms with Crippen molar-refractivity contribution in [3.8, 4) is 0 Å². The molecule has 22 heavy (non-hydrogen) atoms. The van der Waals surface area contributed by atoms with Crippen molar-refractivity contribution in [2.45, 2.75) is 65.1 Å². The molecule has 5 nitrogen and oxygen atoms in total. The minimum Gasteiger partial charge on any atom is -0.538 e. The predicted octanol–water partition coefficient (Wildman–Crippen LogP) is 3.80. The van der Waals surface area contributed by atoms with E-state index in [-0.39, 0.29) is 16.4 Å². The maximum Gasteiger partial charge on any atom is 0.372 e. The normalized spacial score (nSPS) is 13.3. The standard InChI is InChI=1S/C16H30O5Si/c1-9-10-11-12(14(17)19-5)13(15(18)20-6)21-22(7,8)16(2,3)4/h9-11H2,1-8H3/b13-12+. The summed E-state index contributed by atoms with van der Waals surface area (Å²) in [4.78, 5) is 24.2. The lowest BCUT2D eigenvalue weighted by Crippen LogP contribution is -2.42. The zero-order valence-corrected chi connectivity index (χ0v) is 16.2. The van der Waals surface area contributed by atoms with Crippen LogP contribution in [0.25, 0.3) is 0 Å². The number of methoxy groups -OCH3 is 2. The fourth-order valence-electron chi connectivity index (χ4n) is 1.51. The summed E-state index contributed by atoms with van der Waals surface area (Å²) in [7, 11) is 0.311. The molecule has 0 atom stereocenters. The smallest absolute Gasteiger partial charge is 0.372 e. The molecule has 0 fully saturated rings. The molecule has 0 unspecified atom stereocenters. The first kappa shape index (κ1) is 20.7. The fraction of sp³-hybridized carbons (Fsp3) is 0.750. The first-order valence-electron chi connectivity index (χ1n) is 7.60. The molecule has 0 radical (unpaired) electrons. The summed E-state index contributed by atoms with van der Waals surface area (Å²) in [5, 5.41) is -0.0990. The molecule has 0 aromatic heterocycles. The van der Waals surface area contributed by atoms with Crippen molar-refractivity contribution in [3.63, 3.8) is 0 Å². The minimum atomic E-state index is -2.27. The molecule has 0 aromatic carbocycles. The van der Waals surface area contributed by atoms with Crippen LogP contribution in [-0.2, 0) is 23.5 Å². The molecule has 0 saturated heterocycles. The van der Waals surface area contributed by atoms with E-state index in [1.807, 2.05) is 20.0 Å². The van der Waals surface area contributed by atoms with E-state index >= 15 is 0 Å². The third kappa shape index (κ3) is 5.48. The molecule has 0 aliphatic carbocycles. The van der Waals surface area contributed by atoms with Gasteiger partial charge in [-0.15, -0.1) is 0 Å². The highest BCUT2D eigenvalue weighted by atomic mass is 28.4. The second kappa shape index (κ2) is 8.36. The topological polar surface area (TPSA) is 61.8 Å². The van der Waals surface area contributed by atoms with Crippen molar-refractivity contribution in [2.75, 3.05) is 14.2 Å². The molecule has 0 bridgehead atoms. The van der Waals surface area contributed by atoms with Crippen molar-refractivity contribution >= 4 is 20.3 Å². The Kier molecular flexibility index (Phi) is 7.87. The lowest BCUT2D eigenvalue weighted by Gasteiger charge is -2.37. The highest BCUT2D eigenvalue weighted by molar-refractivity contribution is 6.74. The van der Waals surface area contributed by atoms with E-state index in [4.69, 9.17) is 13.9 Å². The van der Waals surface area contributed by atoms with Crippen molar-refractivity contribution in [3.05, 3.63) is 11.3 Å². The predicted molar refractivity (Wildman–Crippen MR) is 88.9 cm³/mol. The molecular formula is C16H30O5Si. The number of esters is 2. The summed E-state index contributed by atoms with van der Waals surface area (Å²) in [5.41, 5.74) is 0.265. The Hall–Kier alpha value is -1.30. The van der Waals surface area contributed by atoms with Crippen LogP contribution in [0.5, 0.6) is 0 Å². The number of hydrogen-bond acceptors (Lipinski definition) is 5. The maximum atomic E-state index is 12.2. The van der Waals surface area contributed by atoms with Crippen LogP contribution in [-0.4, -0.2) is 34.5 Å². The molecule has 0 aromatic rings. The molecule has 0 N–H and O–H groups in total. The summed E-state index contributed by atoms with van der Waals surface area (Å²) in [6, 6.07) is 0. The number of carbonyl (C=O) groups excluding carboxylic acids is 2. The highest BCUT2D eigenvalue weighted by Crippen LogP contribution is 2.38. The van der Waals surface area contributed by atoms with Crippen molar-refractivity contribution in [2.24, 2.45) is 0 Å². The number of unbranched alkanes of at least 4 members (excludes halogenated alkanes) is 1. The summed E-state index contributed by atoms with van der Waals surface area (Å²) < 4.78 is 15.7. The van der Waals surface area contributed by atoms with Gasteiger partial charge < -0.3 is 13.9 Å². The monoisotopic (exact) mass is 330 g/mol.